The average molecular weight is 486 g/mol. The van der Waals surface area contributed by atoms with Crippen LogP contribution < -0.4 is 5.73 Å². The Morgan fingerprint density at radius 3 is 2.49 bits per heavy atom. The topological polar surface area (TPSA) is 46.2 Å². The van der Waals surface area contributed by atoms with Crippen molar-refractivity contribution in [3.63, 3.8) is 0 Å². The zero-order chi connectivity index (χ0) is 25.2. The van der Waals surface area contributed by atoms with Crippen LogP contribution in [-0.2, 0) is 0 Å². The molecule has 202 valence electrons. The van der Waals surface area contributed by atoms with Crippen molar-refractivity contribution in [3.8, 4) is 0 Å². The minimum absolute atomic E-state index is 0.0917. The van der Waals surface area contributed by atoms with Crippen molar-refractivity contribution in [2.24, 2.45) is 58.0 Å². The highest BCUT2D eigenvalue weighted by Crippen LogP contribution is 2.69. The Balaban J connectivity index is 1.53. The summed E-state index contributed by atoms with van der Waals surface area (Å²) in [5.74, 6) is 6.20. The molecule has 3 N–H and O–H groups in total. The zero-order valence-corrected chi connectivity index (χ0v) is 24.0. The van der Waals surface area contributed by atoms with Gasteiger partial charge in [-0.05, 0) is 110 Å². The Hall–Kier alpha value is -0.340. The highest BCUT2D eigenvalue weighted by atomic mass is 16.3. The first-order chi connectivity index (χ1) is 16.7. The standard InChI is InChI=1S/C33H59NO/c1-23(2)11-10-12-24(3)31-25(13-8-6-7-9-20-34)21-30-28-15-14-26-22-27(35)16-18-32(26,4)29(28)17-19-33(30,31)5/h14,23-25,27-31,35H,6-13,15-22,34H2,1-5H3/t24-,25?,27+,28-,29+,30+,31+,32+,33+/m1/s1. The van der Waals surface area contributed by atoms with E-state index >= 15 is 0 Å². The lowest BCUT2D eigenvalue weighted by atomic mass is 9.47. The molecule has 2 nitrogen and oxygen atoms in total. The summed E-state index contributed by atoms with van der Waals surface area (Å²) >= 11 is 0. The van der Waals surface area contributed by atoms with Crippen molar-refractivity contribution in [1.82, 2.24) is 0 Å². The second-order valence-corrected chi connectivity index (χ2v) is 14.5. The second-order valence-electron chi connectivity index (χ2n) is 14.5. The fraction of sp³-hybridized carbons (Fsp3) is 0.939. The Morgan fingerprint density at radius 1 is 0.971 bits per heavy atom. The smallest absolute Gasteiger partial charge is 0.0577 e. The van der Waals surface area contributed by atoms with E-state index in [0.29, 0.717) is 10.8 Å². The summed E-state index contributed by atoms with van der Waals surface area (Å²) in [5, 5.41) is 10.4. The van der Waals surface area contributed by atoms with E-state index in [2.05, 4.69) is 40.7 Å². The maximum Gasteiger partial charge on any atom is 0.0577 e. The van der Waals surface area contributed by atoms with Gasteiger partial charge in [0.15, 0.2) is 0 Å². The van der Waals surface area contributed by atoms with Crippen molar-refractivity contribution in [3.05, 3.63) is 11.6 Å². The first-order valence-electron chi connectivity index (χ1n) is 15.8. The van der Waals surface area contributed by atoms with E-state index in [4.69, 9.17) is 5.73 Å². The molecule has 4 rings (SSSR count). The molecule has 4 aliphatic carbocycles. The molecular weight excluding hydrogens is 426 g/mol. The van der Waals surface area contributed by atoms with Gasteiger partial charge >= 0.3 is 0 Å². The normalized spacial score (nSPS) is 41.8. The molecule has 4 aliphatic rings. The zero-order valence-electron chi connectivity index (χ0n) is 24.0. The number of aliphatic hydroxyl groups excluding tert-OH is 1. The third kappa shape index (κ3) is 5.59. The quantitative estimate of drug-likeness (QED) is 0.227. The molecule has 3 saturated carbocycles. The summed E-state index contributed by atoms with van der Waals surface area (Å²) in [6.07, 6.45) is 22.4. The lowest BCUT2D eigenvalue weighted by molar-refractivity contribution is -0.0590. The van der Waals surface area contributed by atoms with E-state index in [1.54, 1.807) is 5.57 Å². The number of fused-ring (bicyclic) bond motifs is 5. The van der Waals surface area contributed by atoms with Gasteiger partial charge in [0.05, 0.1) is 6.10 Å². The fourth-order valence-corrected chi connectivity index (χ4v) is 10.2. The lowest BCUT2D eigenvalue weighted by Gasteiger charge is -2.58. The van der Waals surface area contributed by atoms with Gasteiger partial charge in [0.2, 0.25) is 0 Å². The highest BCUT2D eigenvalue weighted by molar-refractivity contribution is 5.25. The van der Waals surface area contributed by atoms with Gasteiger partial charge in [-0.25, -0.2) is 0 Å². The molecule has 0 aliphatic heterocycles. The van der Waals surface area contributed by atoms with E-state index in [0.717, 1.165) is 60.8 Å². The number of unbranched alkanes of at least 4 members (excludes halogenated alkanes) is 3. The first-order valence-corrected chi connectivity index (χ1v) is 15.8. The van der Waals surface area contributed by atoms with Crippen LogP contribution >= 0.6 is 0 Å². The third-order valence-electron chi connectivity index (χ3n) is 11.9. The maximum atomic E-state index is 10.4. The number of aliphatic hydroxyl groups is 1. The average Bonchev–Trinajstić information content (AvgIpc) is 3.11. The summed E-state index contributed by atoms with van der Waals surface area (Å²) in [6.45, 7) is 13.6. The molecule has 0 aromatic rings. The largest absolute Gasteiger partial charge is 0.393 e. The van der Waals surface area contributed by atoms with E-state index in [1.807, 2.05) is 0 Å². The van der Waals surface area contributed by atoms with Gasteiger partial charge in [0.25, 0.3) is 0 Å². The fourth-order valence-electron chi connectivity index (χ4n) is 10.2. The van der Waals surface area contributed by atoms with Crippen LogP contribution in [0.5, 0.6) is 0 Å². The highest BCUT2D eigenvalue weighted by Gasteiger charge is 2.61. The molecule has 0 bridgehead atoms. The second kappa shape index (κ2) is 11.6. The predicted octanol–water partition coefficient (Wildman–Crippen LogP) is 8.52. The Bertz CT molecular complexity index is 714. The molecule has 1 unspecified atom stereocenters. The lowest BCUT2D eigenvalue weighted by Crippen LogP contribution is -2.51. The predicted molar refractivity (Wildman–Crippen MR) is 150 cm³/mol. The molecular formula is C33H59NO. The molecule has 0 spiro atoms. The van der Waals surface area contributed by atoms with Crippen LogP contribution in [0.3, 0.4) is 0 Å². The van der Waals surface area contributed by atoms with Gasteiger partial charge in [0.1, 0.15) is 0 Å². The molecule has 9 atom stereocenters. The van der Waals surface area contributed by atoms with Crippen molar-refractivity contribution in [2.75, 3.05) is 6.54 Å². The molecule has 0 aromatic heterocycles. The van der Waals surface area contributed by atoms with Crippen molar-refractivity contribution in [1.29, 1.82) is 0 Å². The van der Waals surface area contributed by atoms with Crippen LogP contribution in [0.4, 0.5) is 0 Å². The van der Waals surface area contributed by atoms with E-state index < -0.39 is 0 Å². The molecule has 0 radical (unpaired) electrons. The van der Waals surface area contributed by atoms with Gasteiger partial charge in [-0.15, -0.1) is 0 Å². The summed E-state index contributed by atoms with van der Waals surface area (Å²) in [6, 6.07) is 0. The number of hydrogen-bond acceptors (Lipinski definition) is 2. The van der Waals surface area contributed by atoms with Crippen LogP contribution in [0.25, 0.3) is 0 Å². The summed E-state index contributed by atoms with van der Waals surface area (Å²) in [4.78, 5) is 0. The summed E-state index contributed by atoms with van der Waals surface area (Å²) in [7, 11) is 0. The summed E-state index contributed by atoms with van der Waals surface area (Å²) < 4.78 is 0. The third-order valence-corrected chi connectivity index (χ3v) is 11.9. The van der Waals surface area contributed by atoms with Gasteiger partial charge in [0, 0.05) is 0 Å². The maximum absolute atomic E-state index is 10.4. The van der Waals surface area contributed by atoms with E-state index in [-0.39, 0.29) is 6.10 Å². The molecule has 2 heteroatoms. The molecule has 0 saturated heterocycles. The van der Waals surface area contributed by atoms with Crippen LogP contribution in [0.1, 0.15) is 131 Å². The molecule has 0 heterocycles. The van der Waals surface area contributed by atoms with Crippen molar-refractivity contribution < 1.29 is 5.11 Å². The minimum atomic E-state index is -0.0917. The Morgan fingerprint density at radius 2 is 1.74 bits per heavy atom. The Labute approximate surface area is 218 Å². The molecule has 0 amide bonds. The molecule has 3 fully saturated rings. The van der Waals surface area contributed by atoms with Crippen molar-refractivity contribution >= 4 is 0 Å². The molecule has 35 heavy (non-hydrogen) atoms. The minimum Gasteiger partial charge on any atom is -0.393 e. The SMILES string of the molecule is CC(C)CCC[C@@H](C)[C@H]1C(CCCCCCN)C[C@H]2[C@@H]3CC=C4C[C@@H](O)CC[C@]4(C)[C@H]3CC[C@]12C. The van der Waals surface area contributed by atoms with Gasteiger partial charge in [-0.1, -0.05) is 91.2 Å². The van der Waals surface area contributed by atoms with Crippen molar-refractivity contribution in [2.45, 2.75) is 137 Å². The Kier molecular flexibility index (Phi) is 9.17. The number of hydrogen-bond donors (Lipinski definition) is 2. The van der Waals surface area contributed by atoms with Crippen LogP contribution in [-0.4, -0.2) is 17.8 Å². The van der Waals surface area contributed by atoms with Gasteiger partial charge < -0.3 is 10.8 Å². The van der Waals surface area contributed by atoms with Crippen LogP contribution in [0, 0.1) is 52.3 Å². The van der Waals surface area contributed by atoms with Crippen LogP contribution in [0.15, 0.2) is 11.6 Å². The molecule has 0 aromatic carbocycles. The first kappa shape index (κ1) is 27.7. The van der Waals surface area contributed by atoms with E-state index in [9.17, 15) is 5.11 Å². The number of rotatable bonds is 11. The van der Waals surface area contributed by atoms with Crippen LogP contribution in [0.2, 0.25) is 0 Å². The van der Waals surface area contributed by atoms with Gasteiger partial charge in [-0.3, -0.25) is 0 Å². The number of nitrogens with two attached hydrogens (primary N) is 1. The summed E-state index contributed by atoms with van der Waals surface area (Å²) in [5.41, 5.74) is 8.29. The van der Waals surface area contributed by atoms with Gasteiger partial charge in [-0.2, -0.15) is 0 Å². The number of allylic oxidation sites excluding steroid dienone is 1. The monoisotopic (exact) mass is 485 g/mol. The van der Waals surface area contributed by atoms with E-state index in [1.165, 1.54) is 83.5 Å².